The number of unbranched alkanes of at least 4 members (excludes halogenated alkanes) is 7. The third-order valence-corrected chi connectivity index (χ3v) is 2.29. The first-order valence-corrected chi connectivity index (χ1v) is 5.58. The summed E-state index contributed by atoms with van der Waals surface area (Å²) >= 11 is 0. The second-order valence-electron chi connectivity index (χ2n) is 3.67. The normalized spacial score (nSPS) is 10.0. The van der Waals surface area contributed by atoms with Gasteiger partial charge in [0.05, 0.1) is 0 Å². The minimum Gasteiger partial charge on any atom is -0.550 e. The minimum absolute atomic E-state index is 0.219. The highest BCUT2D eigenvalue weighted by Crippen LogP contribution is 2.09. The molecule has 0 amide bonds. The second kappa shape index (κ2) is 10.3. The van der Waals surface area contributed by atoms with Gasteiger partial charge in [-0.25, -0.2) is 0 Å². The zero-order valence-corrected chi connectivity index (χ0v) is 8.96. The molecule has 0 rings (SSSR count). The van der Waals surface area contributed by atoms with Crippen molar-refractivity contribution in [1.82, 2.24) is 0 Å². The average Bonchev–Trinajstić information content (AvgIpc) is 2.15. The highest BCUT2D eigenvalue weighted by atomic mass is 16.4. The molecule has 2 heteroatoms. The average molecular weight is 197 g/mol. The maximum atomic E-state index is 10.1. The van der Waals surface area contributed by atoms with Crippen molar-refractivity contribution in [3.8, 4) is 0 Å². The van der Waals surface area contributed by atoms with Gasteiger partial charge < -0.3 is 9.90 Å². The Morgan fingerprint density at radius 2 is 1.50 bits per heavy atom. The molecule has 14 heavy (non-hydrogen) atoms. The van der Waals surface area contributed by atoms with Gasteiger partial charge in [0.15, 0.2) is 0 Å². The Balaban J connectivity index is 2.92. The summed E-state index contributed by atoms with van der Waals surface area (Å²) in [6.45, 7) is 3.67. The van der Waals surface area contributed by atoms with E-state index < -0.39 is 5.97 Å². The van der Waals surface area contributed by atoms with E-state index >= 15 is 0 Å². The summed E-state index contributed by atoms with van der Waals surface area (Å²) in [5, 5.41) is 10.1. The van der Waals surface area contributed by atoms with Crippen LogP contribution in [0.25, 0.3) is 0 Å². The van der Waals surface area contributed by atoms with Crippen molar-refractivity contribution >= 4 is 5.97 Å². The molecular formula is C12H21O2-. The molecule has 0 aliphatic rings. The molecule has 0 unspecified atom stereocenters. The van der Waals surface area contributed by atoms with Crippen LogP contribution in [0, 0.1) is 0 Å². The first-order valence-electron chi connectivity index (χ1n) is 5.58. The summed E-state index contributed by atoms with van der Waals surface area (Å²) in [6.07, 6.45) is 11.2. The lowest BCUT2D eigenvalue weighted by molar-refractivity contribution is -0.305. The standard InChI is InChI=1S/C12H22O2/c1-2-3-4-5-6-7-8-9-10-11-12(13)14/h2H,1,3-11H2,(H,13,14)/p-1. The SMILES string of the molecule is C=CCCCCCCCCCC(=O)[O-]. The molecule has 0 heterocycles. The maximum Gasteiger partial charge on any atom is 0.0414 e. The van der Waals surface area contributed by atoms with Gasteiger partial charge in [0.2, 0.25) is 0 Å². The Hall–Kier alpha value is -0.790. The minimum atomic E-state index is -0.920. The molecule has 0 fully saturated rings. The number of hydrogen-bond acceptors (Lipinski definition) is 2. The first-order chi connectivity index (χ1) is 6.77. The molecule has 0 aromatic rings. The Kier molecular flexibility index (Phi) is 9.71. The van der Waals surface area contributed by atoms with Crippen molar-refractivity contribution in [3.05, 3.63) is 12.7 Å². The number of hydrogen-bond donors (Lipinski definition) is 0. The molecule has 0 aliphatic heterocycles. The van der Waals surface area contributed by atoms with Crippen molar-refractivity contribution in [2.45, 2.75) is 57.8 Å². The zero-order chi connectivity index (χ0) is 10.6. The zero-order valence-electron chi connectivity index (χ0n) is 8.96. The number of carbonyl (C=O) groups is 1. The summed E-state index contributed by atoms with van der Waals surface area (Å²) in [4.78, 5) is 10.1. The van der Waals surface area contributed by atoms with Crippen LogP contribution >= 0.6 is 0 Å². The molecular weight excluding hydrogens is 176 g/mol. The fraction of sp³-hybridized carbons (Fsp3) is 0.750. The van der Waals surface area contributed by atoms with E-state index in [2.05, 4.69) is 6.58 Å². The smallest absolute Gasteiger partial charge is 0.0414 e. The quantitative estimate of drug-likeness (QED) is 0.398. The lowest BCUT2D eigenvalue weighted by Gasteiger charge is -2.02. The van der Waals surface area contributed by atoms with Crippen molar-refractivity contribution in [1.29, 1.82) is 0 Å². The van der Waals surface area contributed by atoms with Crippen LogP contribution in [0.3, 0.4) is 0 Å². The molecule has 0 saturated carbocycles. The van der Waals surface area contributed by atoms with Gasteiger partial charge in [-0.3, -0.25) is 0 Å². The molecule has 0 aromatic heterocycles. The number of rotatable bonds is 10. The van der Waals surface area contributed by atoms with Crippen LogP contribution in [0.2, 0.25) is 0 Å². The number of carboxylic acids is 1. The summed E-state index contributed by atoms with van der Waals surface area (Å²) in [7, 11) is 0. The lowest BCUT2D eigenvalue weighted by Crippen LogP contribution is -2.21. The number of carboxylic acid groups (broad SMARTS) is 1. The molecule has 0 aromatic carbocycles. The Bertz CT molecular complexity index is 152. The largest absolute Gasteiger partial charge is 0.550 e. The van der Waals surface area contributed by atoms with Crippen molar-refractivity contribution < 1.29 is 9.90 Å². The molecule has 0 radical (unpaired) electrons. The summed E-state index contributed by atoms with van der Waals surface area (Å²) in [5.74, 6) is -0.920. The van der Waals surface area contributed by atoms with E-state index in [9.17, 15) is 9.90 Å². The second-order valence-corrected chi connectivity index (χ2v) is 3.67. The van der Waals surface area contributed by atoms with Crippen LogP contribution in [0.1, 0.15) is 57.8 Å². The van der Waals surface area contributed by atoms with Crippen molar-refractivity contribution in [2.75, 3.05) is 0 Å². The van der Waals surface area contributed by atoms with Gasteiger partial charge in [0.1, 0.15) is 0 Å². The van der Waals surface area contributed by atoms with Crippen LogP contribution in [-0.2, 0) is 4.79 Å². The van der Waals surface area contributed by atoms with E-state index in [4.69, 9.17) is 0 Å². The lowest BCUT2D eigenvalue weighted by atomic mass is 10.1. The molecule has 82 valence electrons. The molecule has 0 spiro atoms. The highest BCUT2D eigenvalue weighted by Gasteiger charge is 1.91. The van der Waals surface area contributed by atoms with Crippen LogP contribution < -0.4 is 5.11 Å². The predicted octanol–water partition coefficient (Wildman–Crippen LogP) is 2.43. The van der Waals surface area contributed by atoms with Crippen molar-refractivity contribution in [2.24, 2.45) is 0 Å². The van der Waals surface area contributed by atoms with Gasteiger partial charge in [-0.1, -0.05) is 38.2 Å². The van der Waals surface area contributed by atoms with Crippen LogP contribution in [-0.4, -0.2) is 5.97 Å². The summed E-state index contributed by atoms with van der Waals surface area (Å²) < 4.78 is 0. The fourth-order valence-corrected chi connectivity index (χ4v) is 1.44. The Morgan fingerprint density at radius 3 is 2.00 bits per heavy atom. The fourth-order valence-electron chi connectivity index (χ4n) is 1.44. The Morgan fingerprint density at radius 1 is 1.00 bits per heavy atom. The van der Waals surface area contributed by atoms with Crippen LogP contribution in [0.5, 0.6) is 0 Å². The highest BCUT2D eigenvalue weighted by molar-refractivity contribution is 5.63. The van der Waals surface area contributed by atoms with Gasteiger partial charge in [-0.05, 0) is 25.7 Å². The Labute approximate surface area is 87.0 Å². The summed E-state index contributed by atoms with van der Waals surface area (Å²) in [5.41, 5.74) is 0. The third kappa shape index (κ3) is 11.2. The van der Waals surface area contributed by atoms with E-state index in [1.165, 1.54) is 25.7 Å². The van der Waals surface area contributed by atoms with Gasteiger partial charge in [0, 0.05) is 5.97 Å². The maximum absolute atomic E-state index is 10.1. The van der Waals surface area contributed by atoms with Gasteiger partial charge in [-0.2, -0.15) is 0 Å². The monoisotopic (exact) mass is 197 g/mol. The van der Waals surface area contributed by atoms with Gasteiger partial charge >= 0.3 is 0 Å². The first kappa shape index (κ1) is 13.2. The molecule has 0 bridgehead atoms. The number of carbonyl (C=O) groups excluding carboxylic acids is 1. The van der Waals surface area contributed by atoms with Crippen LogP contribution in [0.15, 0.2) is 12.7 Å². The topological polar surface area (TPSA) is 40.1 Å². The van der Waals surface area contributed by atoms with Crippen molar-refractivity contribution in [3.63, 3.8) is 0 Å². The molecule has 0 N–H and O–H groups in total. The van der Waals surface area contributed by atoms with E-state index in [1.54, 1.807) is 0 Å². The molecule has 0 atom stereocenters. The number of aliphatic carboxylic acids is 1. The molecule has 0 saturated heterocycles. The van der Waals surface area contributed by atoms with Crippen LogP contribution in [0.4, 0.5) is 0 Å². The van der Waals surface area contributed by atoms with E-state index in [-0.39, 0.29) is 6.42 Å². The van der Waals surface area contributed by atoms with E-state index in [1.807, 2.05) is 6.08 Å². The van der Waals surface area contributed by atoms with Gasteiger partial charge in [-0.15, -0.1) is 6.58 Å². The number of allylic oxidation sites excluding steroid dienone is 1. The van der Waals surface area contributed by atoms with E-state index in [0.717, 1.165) is 25.7 Å². The summed E-state index contributed by atoms with van der Waals surface area (Å²) in [6, 6.07) is 0. The third-order valence-electron chi connectivity index (χ3n) is 2.29. The predicted molar refractivity (Wildman–Crippen MR) is 56.8 cm³/mol. The van der Waals surface area contributed by atoms with Gasteiger partial charge in [0.25, 0.3) is 0 Å². The molecule has 0 aliphatic carbocycles. The molecule has 2 nitrogen and oxygen atoms in total. The van der Waals surface area contributed by atoms with E-state index in [0.29, 0.717) is 0 Å².